The van der Waals surface area contributed by atoms with E-state index in [-0.39, 0.29) is 24.5 Å². The third kappa shape index (κ3) is 4.87. The van der Waals surface area contributed by atoms with Crippen LogP contribution in [0.4, 0.5) is 13.2 Å². The molecule has 0 aliphatic heterocycles. The summed E-state index contributed by atoms with van der Waals surface area (Å²) in [4.78, 5) is 33.9. The Labute approximate surface area is 182 Å². The summed E-state index contributed by atoms with van der Waals surface area (Å²) in [5.74, 6) is -2.46. The summed E-state index contributed by atoms with van der Waals surface area (Å²) in [6, 6.07) is 8.63. The Morgan fingerprint density at radius 2 is 1.78 bits per heavy atom. The molecule has 0 spiro atoms. The molecular formula is C21H22F3N5O3. The van der Waals surface area contributed by atoms with Gasteiger partial charge in [-0.05, 0) is 25.8 Å². The van der Waals surface area contributed by atoms with Crippen LogP contribution in [0.3, 0.4) is 0 Å². The highest BCUT2D eigenvalue weighted by Gasteiger charge is 2.37. The molecule has 8 nitrogen and oxygen atoms in total. The van der Waals surface area contributed by atoms with E-state index in [4.69, 9.17) is 4.74 Å². The summed E-state index contributed by atoms with van der Waals surface area (Å²) < 4.78 is 45.3. The molecule has 0 saturated heterocycles. The Balaban J connectivity index is 1.79. The minimum atomic E-state index is -4.69. The maximum absolute atomic E-state index is 12.9. The van der Waals surface area contributed by atoms with Gasteiger partial charge in [0.15, 0.2) is 0 Å². The zero-order chi connectivity index (χ0) is 23.6. The van der Waals surface area contributed by atoms with Crippen molar-refractivity contribution in [2.75, 3.05) is 14.1 Å². The first kappa shape index (κ1) is 23.2. The molecule has 0 unspecified atom stereocenters. The third-order valence-corrected chi connectivity index (χ3v) is 4.90. The molecule has 0 bridgehead atoms. The van der Waals surface area contributed by atoms with Crippen LogP contribution in [0, 0.1) is 13.8 Å². The average Bonchev–Trinajstić information content (AvgIpc) is 3.16. The van der Waals surface area contributed by atoms with Gasteiger partial charge in [-0.1, -0.05) is 30.3 Å². The molecule has 2 aromatic heterocycles. The summed E-state index contributed by atoms with van der Waals surface area (Å²) in [7, 11) is 3.13. The van der Waals surface area contributed by atoms with Crippen molar-refractivity contribution in [3.63, 3.8) is 0 Å². The lowest BCUT2D eigenvalue weighted by molar-refractivity contribution is -0.159. The number of rotatable bonds is 6. The Hall–Kier alpha value is -3.50. The van der Waals surface area contributed by atoms with Crippen molar-refractivity contribution in [3.8, 4) is 0 Å². The number of alkyl halides is 3. The quantitative estimate of drug-likeness (QED) is 0.538. The number of carbonyl (C=O) groups is 2. The second-order valence-electron chi connectivity index (χ2n) is 7.42. The van der Waals surface area contributed by atoms with E-state index in [2.05, 4.69) is 15.1 Å². The van der Waals surface area contributed by atoms with Gasteiger partial charge in [0.2, 0.25) is 6.10 Å². The van der Waals surface area contributed by atoms with Crippen molar-refractivity contribution < 1.29 is 27.5 Å². The number of carbonyl (C=O) groups excluding carboxylic acids is 2. The first-order valence-electron chi connectivity index (χ1n) is 9.74. The van der Waals surface area contributed by atoms with Gasteiger partial charge >= 0.3 is 12.1 Å². The highest BCUT2D eigenvalue weighted by Crippen LogP contribution is 2.27. The molecular weight excluding hydrogens is 427 g/mol. The second kappa shape index (κ2) is 8.93. The summed E-state index contributed by atoms with van der Waals surface area (Å²) in [6.07, 6.45) is -5.73. The lowest BCUT2D eigenvalue weighted by atomic mass is 10.1. The highest BCUT2D eigenvalue weighted by molar-refractivity contribution is 5.84. The number of aromatic nitrogens is 4. The lowest BCUT2D eigenvalue weighted by Crippen LogP contribution is -2.31. The summed E-state index contributed by atoms with van der Waals surface area (Å²) in [5.41, 5.74) is 1.93. The van der Waals surface area contributed by atoms with Crippen LogP contribution in [-0.4, -0.2) is 50.5 Å². The highest BCUT2D eigenvalue weighted by atomic mass is 19.4. The number of nitrogens with zero attached hydrogens (tertiary/aromatic N) is 5. The Morgan fingerprint density at radius 1 is 1.12 bits per heavy atom. The van der Waals surface area contributed by atoms with E-state index >= 15 is 0 Å². The van der Waals surface area contributed by atoms with Gasteiger partial charge in [0, 0.05) is 37.5 Å². The Kier molecular flexibility index (Phi) is 6.47. The van der Waals surface area contributed by atoms with Gasteiger partial charge in [-0.2, -0.15) is 18.2 Å². The van der Waals surface area contributed by atoms with Crippen molar-refractivity contribution >= 4 is 17.7 Å². The molecule has 170 valence electrons. The molecule has 1 atom stereocenters. The van der Waals surface area contributed by atoms with Gasteiger partial charge in [-0.3, -0.25) is 9.59 Å². The van der Waals surface area contributed by atoms with Gasteiger partial charge < -0.3 is 9.64 Å². The predicted octanol–water partition coefficient (Wildman–Crippen LogP) is 3.07. The molecule has 0 radical (unpaired) electrons. The summed E-state index contributed by atoms with van der Waals surface area (Å²) >= 11 is 0. The van der Waals surface area contributed by atoms with Crippen molar-refractivity contribution in [3.05, 3.63) is 58.7 Å². The van der Waals surface area contributed by atoms with E-state index in [1.807, 2.05) is 0 Å². The number of esters is 1. The smallest absolute Gasteiger partial charge is 0.447 e. The standard InChI is InChI=1S/C21H22F3N5O3/c1-12-15(13(2)29-20(25-12)26-19(27-29)21(22,23)24)10-11-16(30)32-17(18(31)28(3)4)14-8-6-5-7-9-14/h5-9,17H,10-11H2,1-4H3/t17-/m1/s1. The fourth-order valence-corrected chi connectivity index (χ4v) is 3.23. The summed E-state index contributed by atoms with van der Waals surface area (Å²) in [6.45, 7) is 3.21. The average molecular weight is 449 g/mol. The predicted molar refractivity (Wildman–Crippen MR) is 108 cm³/mol. The van der Waals surface area contributed by atoms with Crippen molar-refractivity contribution in [1.82, 2.24) is 24.5 Å². The number of fused-ring (bicyclic) bond motifs is 1. The minimum absolute atomic E-state index is 0.0975. The van der Waals surface area contributed by atoms with E-state index < -0.39 is 24.1 Å². The van der Waals surface area contributed by atoms with Crippen LogP contribution in [0.25, 0.3) is 5.78 Å². The molecule has 32 heavy (non-hydrogen) atoms. The Bertz CT molecular complexity index is 1140. The molecule has 3 rings (SSSR count). The maximum Gasteiger partial charge on any atom is 0.453 e. The van der Waals surface area contributed by atoms with E-state index in [1.165, 1.54) is 4.90 Å². The molecule has 2 heterocycles. The molecule has 0 aliphatic carbocycles. The second-order valence-corrected chi connectivity index (χ2v) is 7.42. The van der Waals surface area contributed by atoms with E-state index in [1.54, 1.807) is 58.3 Å². The molecule has 0 saturated carbocycles. The van der Waals surface area contributed by atoms with Gasteiger partial charge in [-0.25, -0.2) is 9.50 Å². The molecule has 0 fully saturated rings. The number of benzene rings is 1. The van der Waals surface area contributed by atoms with Crippen molar-refractivity contribution in [2.45, 2.75) is 39.0 Å². The van der Waals surface area contributed by atoms with Crippen LogP contribution in [-0.2, 0) is 26.9 Å². The van der Waals surface area contributed by atoms with Crippen molar-refractivity contribution in [1.29, 1.82) is 0 Å². The number of hydrogen-bond donors (Lipinski definition) is 0. The third-order valence-electron chi connectivity index (χ3n) is 4.90. The minimum Gasteiger partial charge on any atom is -0.447 e. The van der Waals surface area contributed by atoms with Gasteiger partial charge in [0.25, 0.3) is 17.5 Å². The number of hydrogen-bond acceptors (Lipinski definition) is 6. The SMILES string of the molecule is Cc1nc2nc(C(F)(F)F)nn2c(C)c1CCC(=O)O[C@@H](C(=O)N(C)C)c1ccccc1. The Morgan fingerprint density at radius 3 is 2.38 bits per heavy atom. The van der Waals surface area contributed by atoms with Crippen LogP contribution in [0.15, 0.2) is 30.3 Å². The molecule has 1 amide bonds. The van der Waals surface area contributed by atoms with E-state index in [9.17, 15) is 22.8 Å². The van der Waals surface area contributed by atoms with Crippen LogP contribution >= 0.6 is 0 Å². The first-order valence-corrected chi connectivity index (χ1v) is 9.74. The monoisotopic (exact) mass is 449 g/mol. The largest absolute Gasteiger partial charge is 0.453 e. The van der Waals surface area contributed by atoms with E-state index in [0.29, 0.717) is 22.5 Å². The number of amides is 1. The van der Waals surface area contributed by atoms with Crippen LogP contribution < -0.4 is 0 Å². The molecule has 0 N–H and O–H groups in total. The zero-order valence-electron chi connectivity index (χ0n) is 18.0. The number of ether oxygens (including phenoxy) is 1. The fraction of sp³-hybridized carbons (Fsp3) is 0.381. The number of likely N-dealkylation sites (N-methyl/N-ethyl adjacent to an activating group) is 1. The zero-order valence-corrected chi connectivity index (χ0v) is 18.0. The van der Waals surface area contributed by atoms with Gasteiger partial charge in [-0.15, -0.1) is 5.10 Å². The molecule has 11 heteroatoms. The van der Waals surface area contributed by atoms with Gasteiger partial charge in [0.1, 0.15) is 0 Å². The van der Waals surface area contributed by atoms with E-state index in [0.717, 1.165) is 4.52 Å². The molecule has 3 aromatic rings. The first-order chi connectivity index (χ1) is 15.0. The maximum atomic E-state index is 12.9. The van der Waals surface area contributed by atoms with Crippen LogP contribution in [0.2, 0.25) is 0 Å². The number of halogens is 3. The molecule has 0 aliphatic rings. The summed E-state index contributed by atoms with van der Waals surface area (Å²) in [5, 5.41) is 3.49. The van der Waals surface area contributed by atoms with Gasteiger partial charge in [0.05, 0.1) is 0 Å². The molecule has 1 aromatic carbocycles. The van der Waals surface area contributed by atoms with Crippen LogP contribution in [0.5, 0.6) is 0 Å². The fourth-order valence-electron chi connectivity index (χ4n) is 3.23. The lowest BCUT2D eigenvalue weighted by Gasteiger charge is -2.21. The normalized spacial score (nSPS) is 12.6. The number of aryl methyl sites for hydroxylation is 2. The van der Waals surface area contributed by atoms with Crippen LogP contribution in [0.1, 0.15) is 40.9 Å². The topological polar surface area (TPSA) is 89.7 Å². The van der Waals surface area contributed by atoms with Crippen molar-refractivity contribution in [2.24, 2.45) is 0 Å².